The third kappa shape index (κ3) is 4.94. The number of anilines is 1. The van der Waals surface area contributed by atoms with E-state index in [1.165, 1.54) is 14.2 Å². The van der Waals surface area contributed by atoms with Crippen molar-refractivity contribution in [2.75, 3.05) is 26.1 Å². The normalized spacial score (nSPS) is 18.8. The van der Waals surface area contributed by atoms with Gasteiger partial charge in [0.1, 0.15) is 12.1 Å². The van der Waals surface area contributed by atoms with Gasteiger partial charge in [-0.25, -0.2) is 4.79 Å². The van der Waals surface area contributed by atoms with Crippen LogP contribution >= 0.6 is 0 Å². The molecule has 1 fully saturated rings. The summed E-state index contributed by atoms with van der Waals surface area (Å²) in [5.41, 5.74) is -0.467. The van der Waals surface area contributed by atoms with E-state index in [4.69, 9.17) is 9.47 Å². The van der Waals surface area contributed by atoms with Gasteiger partial charge in [0.2, 0.25) is 5.91 Å². The van der Waals surface area contributed by atoms with Gasteiger partial charge >= 0.3 is 6.03 Å². The lowest BCUT2D eigenvalue weighted by atomic mass is 9.94. The van der Waals surface area contributed by atoms with Crippen molar-refractivity contribution in [2.45, 2.75) is 51.5 Å². The largest absolute Gasteiger partial charge is 0.493 e. The molecule has 1 aromatic carbocycles. The number of imide groups is 1. The number of methoxy groups -OCH3 is 2. The third-order valence-corrected chi connectivity index (χ3v) is 4.84. The molecule has 0 bridgehead atoms. The van der Waals surface area contributed by atoms with Crippen molar-refractivity contribution in [2.24, 2.45) is 0 Å². The van der Waals surface area contributed by atoms with Crippen molar-refractivity contribution in [1.29, 1.82) is 0 Å². The molecule has 2 N–H and O–H groups in total. The van der Waals surface area contributed by atoms with E-state index in [0.29, 0.717) is 23.6 Å². The maximum absolute atomic E-state index is 12.7. The molecule has 1 unspecified atom stereocenters. The Labute approximate surface area is 165 Å². The van der Waals surface area contributed by atoms with E-state index >= 15 is 0 Å². The molecule has 1 saturated heterocycles. The van der Waals surface area contributed by atoms with E-state index in [2.05, 4.69) is 17.6 Å². The van der Waals surface area contributed by atoms with Crippen molar-refractivity contribution in [1.82, 2.24) is 10.2 Å². The molecular weight excluding hydrogens is 362 g/mol. The van der Waals surface area contributed by atoms with Gasteiger partial charge in [-0.15, -0.1) is 0 Å². The first kappa shape index (κ1) is 21.5. The fourth-order valence-electron chi connectivity index (χ4n) is 3.22. The zero-order valence-electron chi connectivity index (χ0n) is 17.0. The number of carbonyl (C=O) groups excluding carboxylic acids is 3. The van der Waals surface area contributed by atoms with Gasteiger partial charge in [-0.2, -0.15) is 0 Å². The minimum absolute atomic E-state index is 0.344. The Balaban J connectivity index is 1.98. The first-order chi connectivity index (χ1) is 13.3. The highest BCUT2D eigenvalue weighted by molar-refractivity contribution is 6.09. The van der Waals surface area contributed by atoms with Crippen molar-refractivity contribution >= 4 is 23.5 Å². The van der Waals surface area contributed by atoms with Crippen LogP contribution in [0.5, 0.6) is 11.5 Å². The molecule has 1 heterocycles. The van der Waals surface area contributed by atoms with Crippen molar-refractivity contribution in [3.05, 3.63) is 18.2 Å². The number of rotatable bonds is 10. The van der Waals surface area contributed by atoms with Gasteiger partial charge in [-0.1, -0.05) is 32.6 Å². The molecule has 4 amide bonds. The first-order valence-electron chi connectivity index (χ1n) is 9.50. The second-order valence-electron chi connectivity index (χ2n) is 7.08. The topological polar surface area (TPSA) is 97.0 Å². The molecular formula is C20H29N3O5. The number of nitrogens with one attached hydrogen (secondary N) is 2. The number of carbonyl (C=O) groups is 3. The summed E-state index contributed by atoms with van der Waals surface area (Å²) in [5.74, 6) is 0.172. The van der Waals surface area contributed by atoms with Crippen LogP contribution in [0.15, 0.2) is 18.2 Å². The number of hydrogen-bond donors (Lipinski definition) is 2. The second-order valence-corrected chi connectivity index (χ2v) is 7.08. The van der Waals surface area contributed by atoms with Crippen LogP contribution in [0.2, 0.25) is 0 Å². The minimum Gasteiger partial charge on any atom is -0.493 e. The summed E-state index contributed by atoms with van der Waals surface area (Å²) in [5, 5.41) is 5.41. The van der Waals surface area contributed by atoms with Crippen molar-refractivity contribution in [3.8, 4) is 11.5 Å². The molecule has 1 atom stereocenters. The predicted molar refractivity (Wildman–Crippen MR) is 106 cm³/mol. The molecule has 8 heteroatoms. The maximum atomic E-state index is 12.7. The lowest BCUT2D eigenvalue weighted by molar-refractivity contribution is -0.133. The zero-order valence-corrected chi connectivity index (χ0v) is 17.0. The van der Waals surface area contributed by atoms with Crippen LogP contribution in [0.3, 0.4) is 0 Å². The van der Waals surface area contributed by atoms with E-state index in [9.17, 15) is 14.4 Å². The van der Waals surface area contributed by atoms with E-state index in [-0.39, 0.29) is 12.5 Å². The Morgan fingerprint density at radius 1 is 1.14 bits per heavy atom. The van der Waals surface area contributed by atoms with Gasteiger partial charge in [0.05, 0.1) is 14.2 Å². The quantitative estimate of drug-likeness (QED) is 0.472. The number of urea groups is 1. The van der Waals surface area contributed by atoms with Gasteiger partial charge in [0.25, 0.3) is 5.91 Å². The molecule has 1 aromatic rings. The Hall–Kier alpha value is -2.77. The monoisotopic (exact) mass is 391 g/mol. The standard InChI is InChI=1S/C20H29N3O5/c1-5-6-7-8-11-20(2)18(25)23(19(26)22-20)13-17(24)21-14-9-10-15(27-3)16(12-14)28-4/h9-10,12H,5-8,11,13H2,1-4H3,(H,21,24)(H,22,26). The smallest absolute Gasteiger partial charge is 0.325 e. The molecule has 0 saturated carbocycles. The van der Waals surface area contributed by atoms with E-state index in [1.54, 1.807) is 25.1 Å². The molecule has 1 aliphatic heterocycles. The third-order valence-electron chi connectivity index (χ3n) is 4.84. The van der Waals surface area contributed by atoms with Crippen LogP contribution in [-0.4, -0.2) is 49.0 Å². The Bertz CT molecular complexity index is 737. The lowest BCUT2D eigenvalue weighted by Crippen LogP contribution is -2.44. The maximum Gasteiger partial charge on any atom is 0.325 e. The molecule has 0 aromatic heterocycles. The number of unbranched alkanes of at least 4 members (excludes halogenated alkanes) is 3. The van der Waals surface area contributed by atoms with Gasteiger partial charge in [-0.05, 0) is 25.5 Å². The average Bonchev–Trinajstić information content (AvgIpc) is 2.88. The molecule has 2 rings (SSSR count). The summed E-state index contributed by atoms with van der Waals surface area (Å²) in [6, 6.07) is 4.39. The summed E-state index contributed by atoms with van der Waals surface area (Å²) >= 11 is 0. The number of ether oxygens (including phenoxy) is 2. The number of nitrogens with zero attached hydrogens (tertiary/aromatic N) is 1. The summed E-state index contributed by atoms with van der Waals surface area (Å²) in [6.45, 7) is 3.48. The van der Waals surface area contributed by atoms with E-state index < -0.39 is 17.5 Å². The van der Waals surface area contributed by atoms with Crippen LogP contribution in [0, 0.1) is 0 Å². The van der Waals surface area contributed by atoms with Crippen LogP contribution in [0.4, 0.5) is 10.5 Å². The van der Waals surface area contributed by atoms with Gasteiger partial charge in [0, 0.05) is 11.8 Å². The Kier molecular flexibility index (Phi) is 7.25. The Morgan fingerprint density at radius 2 is 1.86 bits per heavy atom. The molecule has 1 aliphatic rings. The van der Waals surface area contributed by atoms with Crippen LogP contribution in [0.25, 0.3) is 0 Å². The van der Waals surface area contributed by atoms with Crippen molar-refractivity contribution in [3.63, 3.8) is 0 Å². The van der Waals surface area contributed by atoms with Crippen LogP contribution < -0.4 is 20.1 Å². The summed E-state index contributed by atoms with van der Waals surface area (Å²) < 4.78 is 10.4. The zero-order chi connectivity index (χ0) is 20.7. The molecule has 154 valence electrons. The summed E-state index contributed by atoms with van der Waals surface area (Å²) in [6.07, 6.45) is 4.61. The predicted octanol–water partition coefficient (Wildman–Crippen LogP) is 2.92. The number of amides is 4. The highest BCUT2D eigenvalue weighted by Gasteiger charge is 2.47. The van der Waals surface area contributed by atoms with E-state index in [1.807, 2.05) is 0 Å². The van der Waals surface area contributed by atoms with E-state index in [0.717, 1.165) is 30.6 Å². The SMILES string of the molecule is CCCCCCC1(C)NC(=O)N(CC(=O)Nc2ccc(OC)c(OC)c2)C1=O. The molecule has 0 aliphatic carbocycles. The highest BCUT2D eigenvalue weighted by Crippen LogP contribution is 2.30. The summed E-state index contributed by atoms with van der Waals surface area (Å²) in [4.78, 5) is 38.3. The van der Waals surface area contributed by atoms with Crippen LogP contribution in [0.1, 0.15) is 46.0 Å². The number of hydrogen-bond acceptors (Lipinski definition) is 5. The van der Waals surface area contributed by atoms with Gasteiger partial charge < -0.3 is 20.1 Å². The first-order valence-corrected chi connectivity index (χ1v) is 9.50. The Morgan fingerprint density at radius 3 is 2.50 bits per heavy atom. The fourth-order valence-corrected chi connectivity index (χ4v) is 3.22. The second kappa shape index (κ2) is 9.43. The van der Waals surface area contributed by atoms with Crippen LogP contribution in [-0.2, 0) is 9.59 Å². The molecule has 0 radical (unpaired) electrons. The molecule has 28 heavy (non-hydrogen) atoms. The van der Waals surface area contributed by atoms with Crippen molar-refractivity contribution < 1.29 is 23.9 Å². The van der Waals surface area contributed by atoms with Gasteiger partial charge in [-0.3, -0.25) is 14.5 Å². The molecule has 8 nitrogen and oxygen atoms in total. The molecule has 0 spiro atoms. The average molecular weight is 391 g/mol. The lowest BCUT2D eigenvalue weighted by Gasteiger charge is -2.21. The fraction of sp³-hybridized carbons (Fsp3) is 0.550. The van der Waals surface area contributed by atoms with Gasteiger partial charge in [0.15, 0.2) is 11.5 Å². The number of benzene rings is 1. The minimum atomic E-state index is -0.950. The highest BCUT2D eigenvalue weighted by atomic mass is 16.5. The summed E-state index contributed by atoms with van der Waals surface area (Å²) in [7, 11) is 3.02.